The summed E-state index contributed by atoms with van der Waals surface area (Å²) < 4.78 is 13.8. The normalized spacial score (nSPS) is 23.7. The Balaban J connectivity index is 2.05. The first kappa shape index (κ1) is 13.0. The van der Waals surface area contributed by atoms with E-state index in [-0.39, 0.29) is 17.5 Å². The molecular weight excluding hydrogens is 231 g/mol. The highest BCUT2D eigenvalue weighted by Crippen LogP contribution is 2.14. The lowest BCUT2D eigenvalue weighted by molar-refractivity contribution is 0.0921. The van der Waals surface area contributed by atoms with E-state index in [4.69, 9.17) is 0 Å². The molecule has 1 saturated heterocycles. The number of amides is 1. The van der Waals surface area contributed by atoms with Crippen LogP contribution in [0.2, 0.25) is 0 Å². The van der Waals surface area contributed by atoms with Gasteiger partial charge < -0.3 is 10.6 Å². The molecule has 2 unspecified atom stereocenters. The molecule has 4 heteroatoms. The molecule has 0 aromatic heterocycles. The monoisotopic (exact) mass is 250 g/mol. The number of carbonyl (C=O) groups is 1. The van der Waals surface area contributed by atoms with Gasteiger partial charge in [0, 0.05) is 12.1 Å². The highest BCUT2D eigenvalue weighted by atomic mass is 19.1. The van der Waals surface area contributed by atoms with Crippen LogP contribution in [-0.4, -0.2) is 24.5 Å². The second-order valence-corrected chi connectivity index (χ2v) is 4.99. The zero-order chi connectivity index (χ0) is 13.1. The van der Waals surface area contributed by atoms with Crippen molar-refractivity contribution in [2.75, 3.05) is 6.54 Å². The van der Waals surface area contributed by atoms with Gasteiger partial charge in [0.2, 0.25) is 0 Å². The van der Waals surface area contributed by atoms with Crippen LogP contribution >= 0.6 is 0 Å². The average Bonchev–Trinajstić information content (AvgIpc) is 2.32. The van der Waals surface area contributed by atoms with Crippen molar-refractivity contribution in [1.82, 2.24) is 10.6 Å². The molecule has 1 heterocycles. The van der Waals surface area contributed by atoms with Crippen molar-refractivity contribution in [3.05, 3.63) is 35.1 Å². The Labute approximate surface area is 107 Å². The smallest absolute Gasteiger partial charge is 0.254 e. The lowest BCUT2D eigenvalue weighted by Crippen LogP contribution is -2.46. The van der Waals surface area contributed by atoms with Crippen molar-refractivity contribution in [2.24, 2.45) is 0 Å². The molecule has 1 amide bonds. The fourth-order valence-electron chi connectivity index (χ4n) is 2.35. The summed E-state index contributed by atoms with van der Waals surface area (Å²) in [5, 5.41) is 6.23. The van der Waals surface area contributed by atoms with Gasteiger partial charge in [0.25, 0.3) is 5.91 Å². The first-order valence-corrected chi connectivity index (χ1v) is 6.37. The minimum Gasteiger partial charge on any atom is -0.349 e. The maximum Gasteiger partial charge on any atom is 0.254 e. The first-order chi connectivity index (χ1) is 8.58. The Hall–Kier alpha value is -1.42. The Morgan fingerprint density at radius 1 is 1.50 bits per heavy atom. The molecule has 2 rings (SSSR count). The summed E-state index contributed by atoms with van der Waals surface area (Å²) in [5.41, 5.74) is 0.641. The number of hydrogen-bond donors (Lipinski definition) is 2. The van der Waals surface area contributed by atoms with Crippen LogP contribution in [0.1, 0.15) is 35.7 Å². The van der Waals surface area contributed by atoms with E-state index in [0.717, 1.165) is 19.4 Å². The lowest BCUT2D eigenvalue weighted by Gasteiger charge is -2.28. The van der Waals surface area contributed by atoms with Gasteiger partial charge in [-0.05, 0) is 44.9 Å². The molecule has 0 spiro atoms. The van der Waals surface area contributed by atoms with Gasteiger partial charge in [-0.25, -0.2) is 4.39 Å². The number of carbonyl (C=O) groups excluding carboxylic acids is 1. The summed E-state index contributed by atoms with van der Waals surface area (Å²) in [6.07, 6.45) is 1.78. The topological polar surface area (TPSA) is 41.1 Å². The highest BCUT2D eigenvalue weighted by Gasteiger charge is 2.21. The molecule has 1 fully saturated rings. The third-order valence-corrected chi connectivity index (χ3v) is 3.40. The van der Waals surface area contributed by atoms with Crippen LogP contribution in [0.4, 0.5) is 4.39 Å². The largest absolute Gasteiger partial charge is 0.349 e. The van der Waals surface area contributed by atoms with Crippen molar-refractivity contribution >= 4 is 5.91 Å². The number of aryl methyl sites for hydroxylation is 1. The molecule has 18 heavy (non-hydrogen) atoms. The molecule has 2 N–H and O–H groups in total. The second kappa shape index (κ2) is 5.48. The molecular formula is C14H19FN2O. The van der Waals surface area contributed by atoms with Crippen LogP contribution in [-0.2, 0) is 0 Å². The summed E-state index contributed by atoms with van der Waals surface area (Å²) in [6, 6.07) is 5.43. The zero-order valence-corrected chi connectivity index (χ0v) is 10.8. The molecule has 0 aliphatic carbocycles. The standard InChI is InChI=1S/C14H19FN2O/c1-9-4-3-5-12(13(9)15)14(18)17-11-6-7-16-10(2)8-11/h3-5,10-11,16H,6-8H2,1-2H3,(H,17,18). The summed E-state index contributed by atoms with van der Waals surface area (Å²) in [7, 11) is 0. The highest BCUT2D eigenvalue weighted by molar-refractivity contribution is 5.94. The van der Waals surface area contributed by atoms with E-state index >= 15 is 0 Å². The van der Waals surface area contributed by atoms with E-state index in [1.54, 1.807) is 19.1 Å². The minimum atomic E-state index is -0.419. The number of piperidine rings is 1. The quantitative estimate of drug-likeness (QED) is 0.843. The molecule has 0 bridgehead atoms. The molecule has 2 atom stereocenters. The number of benzene rings is 1. The summed E-state index contributed by atoms with van der Waals surface area (Å²) >= 11 is 0. The van der Waals surface area contributed by atoms with Crippen LogP contribution < -0.4 is 10.6 Å². The van der Waals surface area contributed by atoms with Gasteiger partial charge in [-0.1, -0.05) is 12.1 Å². The van der Waals surface area contributed by atoms with Gasteiger partial charge in [0.15, 0.2) is 0 Å². The van der Waals surface area contributed by atoms with Crippen LogP contribution in [0, 0.1) is 12.7 Å². The summed E-state index contributed by atoms with van der Waals surface area (Å²) in [4.78, 5) is 12.0. The van der Waals surface area contributed by atoms with Gasteiger partial charge in [-0.3, -0.25) is 4.79 Å². The van der Waals surface area contributed by atoms with Crippen molar-refractivity contribution in [3.8, 4) is 0 Å². The van der Waals surface area contributed by atoms with Crippen molar-refractivity contribution in [3.63, 3.8) is 0 Å². The van der Waals surface area contributed by atoms with E-state index < -0.39 is 5.82 Å². The number of nitrogens with one attached hydrogen (secondary N) is 2. The number of hydrogen-bond acceptors (Lipinski definition) is 2. The molecule has 0 radical (unpaired) electrons. The van der Waals surface area contributed by atoms with Gasteiger partial charge in [-0.15, -0.1) is 0 Å². The molecule has 1 aliphatic heterocycles. The number of rotatable bonds is 2. The average molecular weight is 250 g/mol. The SMILES string of the molecule is Cc1cccc(C(=O)NC2CCNC(C)C2)c1F. The molecule has 1 aromatic carbocycles. The van der Waals surface area contributed by atoms with Crippen molar-refractivity contribution in [2.45, 2.75) is 38.8 Å². The summed E-state index contributed by atoms with van der Waals surface area (Å²) in [6.45, 7) is 4.65. The third kappa shape index (κ3) is 2.88. The second-order valence-electron chi connectivity index (χ2n) is 4.99. The number of halogens is 1. The van der Waals surface area contributed by atoms with Crippen LogP contribution in [0.3, 0.4) is 0 Å². The first-order valence-electron chi connectivity index (χ1n) is 6.37. The van der Waals surface area contributed by atoms with Crippen molar-refractivity contribution in [1.29, 1.82) is 0 Å². The molecule has 3 nitrogen and oxygen atoms in total. The Bertz CT molecular complexity index is 447. The predicted molar refractivity (Wildman–Crippen MR) is 69.1 cm³/mol. The maximum absolute atomic E-state index is 13.8. The van der Waals surface area contributed by atoms with Crippen LogP contribution in [0.15, 0.2) is 18.2 Å². The van der Waals surface area contributed by atoms with E-state index in [9.17, 15) is 9.18 Å². The predicted octanol–water partition coefficient (Wildman–Crippen LogP) is 2.00. The van der Waals surface area contributed by atoms with E-state index in [1.807, 2.05) is 0 Å². The van der Waals surface area contributed by atoms with Crippen molar-refractivity contribution < 1.29 is 9.18 Å². The van der Waals surface area contributed by atoms with Gasteiger partial charge in [-0.2, -0.15) is 0 Å². The third-order valence-electron chi connectivity index (χ3n) is 3.40. The molecule has 98 valence electrons. The minimum absolute atomic E-state index is 0.133. The van der Waals surface area contributed by atoms with Crippen LogP contribution in [0.25, 0.3) is 0 Å². The van der Waals surface area contributed by atoms with E-state index in [0.29, 0.717) is 11.6 Å². The molecule has 1 aliphatic rings. The van der Waals surface area contributed by atoms with E-state index in [2.05, 4.69) is 17.6 Å². The maximum atomic E-state index is 13.8. The van der Waals surface area contributed by atoms with Crippen LogP contribution in [0.5, 0.6) is 0 Å². The Morgan fingerprint density at radius 2 is 2.28 bits per heavy atom. The molecule has 1 aromatic rings. The lowest BCUT2D eigenvalue weighted by atomic mass is 10.00. The fourth-order valence-corrected chi connectivity index (χ4v) is 2.35. The van der Waals surface area contributed by atoms with Gasteiger partial charge in [0.1, 0.15) is 5.82 Å². The van der Waals surface area contributed by atoms with Gasteiger partial charge in [0.05, 0.1) is 5.56 Å². The zero-order valence-electron chi connectivity index (χ0n) is 10.8. The fraction of sp³-hybridized carbons (Fsp3) is 0.500. The summed E-state index contributed by atoms with van der Waals surface area (Å²) in [5.74, 6) is -0.729. The Kier molecular flexibility index (Phi) is 3.97. The Morgan fingerprint density at radius 3 is 3.00 bits per heavy atom. The molecule has 0 saturated carbocycles. The van der Waals surface area contributed by atoms with E-state index in [1.165, 1.54) is 6.07 Å². The van der Waals surface area contributed by atoms with Gasteiger partial charge >= 0.3 is 0 Å².